The Balaban J connectivity index is 2.12. The maximum absolute atomic E-state index is 14.6. The number of aryl methyl sites for hydroxylation is 1. The van der Waals surface area contributed by atoms with Gasteiger partial charge in [0.1, 0.15) is 28.6 Å². The molecule has 2 aromatic carbocycles. The van der Waals surface area contributed by atoms with E-state index in [1.807, 2.05) is 5.10 Å². The molecule has 9 nitrogen and oxygen atoms in total. The van der Waals surface area contributed by atoms with Crippen LogP contribution in [0.5, 0.6) is 5.75 Å². The standard InChI is InChI=1S/C19H19ClFN3O6S/c1-9-4-6-12(21)15(10(9)2)17(25)16(18-22-23-19(26)30-18)24-31(27,28)14-7-5-11(20)8-13(14)29-3/h4-8,16-17,24-25H,1-3H3,(H,23,26). The van der Waals surface area contributed by atoms with Gasteiger partial charge in [-0.3, -0.25) is 0 Å². The van der Waals surface area contributed by atoms with E-state index in [1.165, 1.54) is 31.4 Å². The van der Waals surface area contributed by atoms with E-state index in [4.69, 9.17) is 20.8 Å². The first-order chi connectivity index (χ1) is 14.5. The van der Waals surface area contributed by atoms with Gasteiger partial charge in [-0.2, -0.15) is 4.72 Å². The minimum atomic E-state index is -4.38. The van der Waals surface area contributed by atoms with Gasteiger partial charge in [0.05, 0.1) is 7.11 Å². The maximum atomic E-state index is 14.6. The topological polar surface area (TPSA) is 135 Å². The lowest BCUT2D eigenvalue weighted by Crippen LogP contribution is -2.34. The zero-order chi connectivity index (χ0) is 22.9. The number of halogens is 2. The Kier molecular flexibility index (Phi) is 6.51. The van der Waals surface area contributed by atoms with Crippen molar-refractivity contribution in [2.45, 2.75) is 30.9 Å². The molecule has 3 N–H and O–H groups in total. The minimum Gasteiger partial charge on any atom is -0.495 e. The summed E-state index contributed by atoms with van der Waals surface area (Å²) in [7, 11) is -3.12. The van der Waals surface area contributed by atoms with Crippen molar-refractivity contribution in [1.29, 1.82) is 0 Å². The van der Waals surface area contributed by atoms with E-state index in [0.717, 1.165) is 6.07 Å². The molecule has 0 bridgehead atoms. The van der Waals surface area contributed by atoms with Crippen molar-refractivity contribution in [3.63, 3.8) is 0 Å². The number of rotatable bonds is 7. The highest BCUT2D eigenvalue weighted by Crippen LogP contribution is 2.35. The van der Waals surface area contributed by atoms with Crippen LogP contribution in [0, 0.1) is 19.7 Å². The summed E-state index contributed by atoms with van der Waals surface area (Å²) in [5, 5.41) is 16.8. The molecule has 3 rings (SSSR count). The molecule has 3 aromatic rings. The van der Waals surface area contributed by atoms with Crippen molar-refractivity contribution in [2.75, 3.05) is 7.11 Å². The van der Waals surface area contributed by atoms with Crippen molar-refractivity contribution < 1.29 is 27.1 Å². The molecule has 0 radical (unpaired) electrons. The normalized spacial score (nSPS) is 13.7. The molecule has 1 heterocycles. The summed E-state index contributed by atoms with van der Waals surface area (Å²) >= 11 is 5.89. The number of nitrogens with one attached hydrogen (secondary N) is 2. The summed E-state index contributed by atoms with van der Waals surface area (Å²) in [6.07, 6.45) is -1.78. The lowest BCUT2D eigenvalue weighted by atomic mass is 9.94. The molecule has 1 aromatic heterocycles. The third-order valence-corrected chi connectivity index (χ3v) is 6.48. The number of H-pyrrole nitrogens is 1. The van der Waals surface area contributed by atoms with Gasteiger partial charge in [-0.25, -0.2) is 22.7 Å². The zero-order valence-electron chi connectivity index (χ0n) is 16.6. The Morgan fingerprint density at radius 2 is 2.00 bits per heavy atom. The monoisotopic (exact) mass is 471 g/mol. The van der Waals surface area contributed by atoms with Crippen molar-refractivity contribution in [3.05, 3.63) is 74.3 Å². The molecule has 2 atom stereocenters. The van der Waals surface area contributed by atoms with Gasteiger partial charge < -0.3 is 14.3 Å². The molecule has 31 heavy (non-hydrogen) atoms. The van der Waals surface area contributed by atoms with Gasteiger partial charge in [-0.15, -0.1) is 5.10 Å². The quantitative estimate of drug-likeness (QED) is 0.482. The Labute approximate surface area is 181 Å². The molecular weight excluding hydrogens is 453 g/mol. The van der Waals surface area contributed by atoms with Gasteiger partial charge in [0.15, 0.2) is 0 Å². The number of hydrogen-bond donors (Lipinski definition) is 3. The van der Waals surface area contributed by atoms with Crippen LogP contribution in [0.1, 0.15) is 34.7 Å². The van der Waals surface area contributed by atoms with Crippen LogP contribution < -0.4 is 15.2 Å². The van der Waals surface area contributed by atoms with Crippen molar-refractivity contribution in [1.82, 2.24) is 14.9 Å². The maximum Gasteiger partial charge on any atom is 0.434 e. The summed E-state index contributed by atoms with van der Waals surface area (Å²) < 4.78 is 52.9. The van der Waals surface area contributed by atoms with Crippen molar-refractivity contribution in [3.8, 4) is 5.75 Å². The molecule has 0 aliphatic rings. The average molecular weight is 472 g/mol. The molecule has 12 heteroatoms. The molecule has 0 saturated carbocycles. The van der Waals surface area contributed by atoms with E-state index in [-0.39, 0.29) is 21.2 Å². The predicted molar refractivity (Wildman–Crippen MR) is 109 cm³/mol. The summed E-state index contributed by atoms with van der Waals surface area (Å²) in [6, 6.07) is 4.86. The minimum absolute atomic E-state index is 0.0605. The van der Waals surface area contributed by atoms with Crippen molar-refractivity contribution >= 4 is 21.6 Å². The predicted octanol–water partition coefficient (Wildman–Crippen LogP) is 2.53. The number of ether oxygens (including phenoxy) is 1. The number of nitrogens with zero attached hydrogens (tertiary/aromatic N) is 1. The van der Waals surface area contributed by atoms with Crippen LogP contribution in [-0.4, -0.2) is 30.8 Å². The fourth-order valence-corrected chi connectivity index (χ4v) is 4.56. The highest BCUT2D eigenvalue weighted by molar-refractivity contribution is 7.89. The molecule has 0 spiro atoms. The number of aromatic amines is 1. The van der Waals surface area contributed by atoms with Crippen LogP contribution in [0.3, 0.4) is 0 Å². The number of aliphatic hydroxyl groups excluding tert-OH is 1. The van der Waals surface area contributed by atoms with E-state index >= 15 is 0 Å². The van der Waals surface area contributed by atoms with Crippen LogP contribution in [0.15, 0.2) is 44.4 Å². The average Bonchev–Trinajstić information content (AvgIpc) is 3.14. The highest BCUT2D eigenvalue weighted by Gasteiger charge is 2.35. The number of methoxy groups -OCH3 is 1. The highest BCUT2D eigenvalue weighted by atomic mass is 35.5. The van der Waals surface area contributed by atoms with Crippen LogP contribution in [0.2, 0.25) is 5.02 Å². The van der Waals surface area contributed by atoms with E-state index < -0.39 is 39.6 Å². The number of aromatic nitrogens is 2. The van der Waals surface area contributed by atoms with Gasteiger partial charge >= 0.3 is 5.76 Å². The third-order valence-electron chi connectivity index (χ3n) is 4.76. The van der Waals surface area contributed by atoms with Crippen LogP contribution in [0.25, 0.3) is 0 Å². The van der Waals surface area contributed by atoms with Gasteiger partial charge in [0.25, 0.3) is 0 Å². The second kappa shape index (κ2) is 8.79. The second-order valence-electron chi connectivity index (χ2n) is 6.69. The number of hydrogen-bond acceptors (Lipinski definition) is 7. The summed E-state index contributed by atoms with van der Waals surface area (Å²) in [4.78, 5) is 11.2. The molecule has 0 saturated heterocycles. The number of benzene rings is 2. The molecule has 2 unspecified atom stereocenters. The molecule has 0 aliphatic heterocycles. The summed E-state index contributed by atoms with van der Waals surface area (Å²) in [6.45, 7) is 3.28. The molecule has 0 fully saturated rings. The Morgan fingerprint density at radius 1 is 1.29 bits per heavy atom. The second-order valence-corrected chi connectivity index (χ2v) is 8.81. The Bertz CT molecular complexity index is 1270. The SMILES string of the molecule is COc1cc(Cl)ccc1S(=O)(=O)NC(c1n[nH]c(=O)o1)C(O)c1c(F)ccc(C)c1C. The fourth-order valence-electron chi connectivity index (χ4n) is 3.05. The lowest BCUT2D eigenvalue weighted by molar-refractivity contribution is 0.120. The van der Waals surface area contributed by atoms with E-state index in [2.05, 4.69) is 9.82 Å². The van der Waals surface area contributed by atoms with Crippen molar-refractivity contribution in [2.24, 2.45) is 0 Å². The smallest absolute Gasteiger partial charge is 0.434 e. The fraction of sp³-hybridized carbons (Fsp3) is 0.263. The molecule has 0 amide bonds. The summed E-state index contributed by atoms with van der Waals surface area (Å²) in [5.41, 5.74) is 0.903. The molecular formula is C19H19ClFN3O6S. The summed E-state index contributed by atoms with van der Waals surface area (Å²) in [5.74, 6) is -2.28. The van der Waals surface area contributed by atoms with Gasteiger partial charge in [-0.05, 0) is 43.2 Å². The molecule has 166 valence electrons. The van der Waals surface area contributed by atoms with E-state index in [9.17, 15) is 22.7 Å². The zero-order valence-corrected chi connectivity index (χ0v) is 18.2. The van der Waals surface area contributed by atoms with Gasteiger partial charge in [0.2, 0.25) is 15.9 Å². The third kappa shape index (κ3) is 4.64. The van der Waals surface area contributed by atoms with Crippen LogP contribution >= 0.6 is 11.6 Å². The lowest BCUT2D eigenvalue weighted by Gasteiger charge is -2.24. The first-order valence-corrected chi connectivity index (χ1v) is 10.8. The molecule has 0 aliphatic carbocycles. The first kappa shape index (κ1) is 22.9. The van der Waals surface area contributed by atoms with Crippen LogP contribution in [-0.2, 0) is 10.0 Å². The number of sulfonamides is 1. The largest absolute Gasteiger partial charge is 0.495 e. The Hall–Kier alpha value is -2.73. The van der Waals surface area contributed by atoms with E-state index in [1.54, 1.807) is 13.8 Å². The first-order valence-electron chi connectivity index (χ1n) is 8.90. The van der Waals surface area contributed by atoms with E-state index in [0.29, 0.717) is 11.1 Å². The van der Waals surface area contributed by atoms with Gasteiger partial charge in [-0.1, -0.05) is 17.7 Å². The number of aliphatic hydroxyl groups is 1. The van der Waals surface area contributed by atoms with Gasteiger partial charge in [0, 0.05) is 16.7 Å². The van der Waals surface area contributed by atoms with Crippen LogP contribution in [0.4, 0.5) is 4.39 Å². The Morgan fingerprint density at radius 3 is 2.61 bits per heavy atom.